The Morgan fingerprint density at radius 2 is 2.00 bits per heavy atom. The van der Waals surface area contributed by atoms with Crippen LogP contribution in [-0.2, 0) is 6.42 Å². The van der Waals surface area contributed by atoms with Crippen LogP contribution in [0.3, 0.4) is 0 Å². The molecule has 2 nitrogen and oxygen atoms in total. The smallest absolute Gasteiger partial charge is 0.159 e. The van der Waals surface area contributed by atoms with Gasteiger partial charge in [-0.2, -0.15) is 0 Å². The fraction of sp³-hybridized carbons (Fsp3) is 0.250. The van der Waals surface area contributed by atoms with Crippen LogP contribution >= 0.6 is 0 Å². The molecule has 20 heavy (non-hydrogen) atoms. The fourth-order valence-electron chi connectivity index (χ4n) is 2.33. The van der Waals surface area contributed by atoms with Gasteiger partial charge in [0.15, 0.2) is 11.6 Å². The van der Waals surface area contributed by atoms with Gasteiger partial charge in [0.25, 0.3) is 0 Å². The maximum absolute atomic E-state index is 13.3. The van der Waals surface area contributed by atoms with Crippen LogP contribution in [0.1, 0.15) is 24.2 Å². The van der Waals surface area contributed by atoms with Crippen molar-refractivity contribution in [2.24, 2.45) is 0 Å². The number of benzene rings is 2. The zero-order valence-electron chi connectivity index (χ0n) is 11.1. The van der Waals surface area contributed by atoms with Crippen LogP contribution in [-0.4, -0.2) is 6.54 Å². The quantitative estimate of drug-likeness (QED) is 0.892. The number of ether oxygens (including phenoxy) is 1. The van der Waals surface area contributed by atoms with Gasteiger partial charge in [-0.05, 0) is 41.8 Å². The molecule has 1 unspecified atom stereocenters. The van der Waals surface area contributed by atoms with Gasteiger partial charge in [-0.3, -0.25) is 0 Å². The van der Waals surface area contributed by atoms with Crippen LogP contribution in [0.5, 0.6) is 5.75 Å². The predicted molar refractivity (Wildman–Crippen MR) is 74.0 cm³/mol. The van der Waals surface area contributed by atoms with Gasteiger partial charge < -0.3 is 10.1 Å². The van der Waals surface area contributed by atoms with E-state index >= 15 is 0 Å². The van der Waals surface area contributed by atoms with Gasteiger partial charge in [-0.1, -0.05) is 19.1 Å². The van der Waals surface area contributed by atoms with Crippen LogP contribution in [0, 0.1) is 11.6 Å². The zero-order chi connectivity index (χ0) is 14.1. The lowest BCUT2D eigenvalue weighted by Gasteiger charge is -2.28. The topological polar surface area (TPSA) is 21.3 Å². The summed E-state index contributed by atoms with van der Waals surface area (Å²) in [5, 5.41) is 3.28. The summed E-state index contributed by atoms with van der Waals surface area (Å²) in [4.78, 5) is 0. The number of hydrogen-bond acceptors (Lipinski definition) is 2. The molecule has 1 aliphatic heterocycles. The molecule has 0 saturated heterocycles. The third-order valence-corrected chi connectivity index (χ3v) is 3.51. The Hall–Kier alpha value is -2.10. The van der Waals surface area contributed by atoms with Crippen LogP contribution in [0.25, 0.3) is 0 Å². The molecule has 0 fully saturated rings. The van der Waals surface area contributed by atoms with E-state index in [0.717, 1.165) is 23.9 Å². The fourth-order valence-corrected chi connectivity index (χ4v) is 2.33. The first-order chi connectivity index (χ1) is 9.67. The molecule has 3 rings (SSSR count). The highest BCUT2D eigenvalue weighted by Crippen LogP contribution is 2.35. The molecule has 1 aliphatic rings. The molecule has 1 heterocycles. The van der Waals surface area contributed by atoms with E-state index in [9.17, 15) is 8.78 Å². The standard InChI is InChI=1S/C16H15F2NO/c1-2-10-3-6-15-14(7-10)19-9-16(20-15)11-4-5-12(17)13(18)8-11/h3-8,16,19H,2,9H2,1H3. The van der Waals surface area contributed by atoms with Crippen LogP contribution in [0.2, 0.25) is 0 Å². The van der Waals surface area contributed by atoms with Gasteiger partial charge in [0, 0.05) is 0 Å². The highest BCUT2D eigenvalue weighted by atomic mass is 19.2. The minimum absolute atomic E-state index is 0.315. The van der Waals surface area contributed by atoms with E-state index < -0.39 is 11.6 Å². The van der Waals surface area contributed by atoms with Gasteiger partial charge >= 0.3 is 0 Å². The van der Waals surface area contributed by atoms with E-state index in [4.69, 9.17) is 4.74 Å². The second kappa shape index (κ2) is 5.12. The molecule has 2 aromatic carbocycles. The molecule has 0 aliphatic carbocycles. The number of rotatable bonds is 2. The summed E-state index contributed by atoms with van der Waals surface area (Å²) < 4.78 is 32.1. The lowest BCUT2D eigenvalue weighted by molar-refractivity contribution is 0.209. The van der Waals surface area contributed by atoms with E-state index in [0.29, 0.717) is 12.1 Å². The normalized spacial score (nSPS) is 17.1. The van der Waals surface area contributed by atoms with Crippen LogP contribution < -0.4 is 10.1 Å². The second-order valence-electron chi connectivity index (χ2n) is 4.85. The SMILES string of the molecule is CCc1ccc2c(c1)NCC(c1ccc(F)c(F)c1)O2. The average molecular weight is 275 g/mol. The molecule has 4 heteroatoms. The molecule has 0 saturated carbocycles. The minimum Gasteiger partial charge on any atom is -0.482 e. The Morgan fingerprint density at radius 1 is 1.15 bits per heavy atom. The monoisotopic (exact) mass is 275 g/mol. The van der Waals surface area contributed by atoms with Gasteiger partial charge in [-0.25, -0.2) is 8.78 Å². The summed E-state index contributed by atoms with van der Waals surface area (Å²) in [7, 11) is 0. The molecule has 2 aromatic rings. The Morgan fingerprint density at radius 3 is 2.75 bits per heavy atom. The van der Waals surface area contributed by atoms with Crippen molar-refractivity contribution in [2.75, 3.05) is 11.9 Å². The van der Waals surface area contributed by atoms with Crippen molar-refractivity contribution in [2.45, 2.75) is 19.4 Å². The Labute approximate surface area is 116 Å². The second-order valence-corrected chi connectivity index (χ2v) is 4.85. The molecule has 0 bridgehead atoms. The largest absolute Gasteiger partial charge is 0.482 e. The summed E-state index contributed by atoms with van der Waals surface area (Å²) in [5.41, 5.74) is 2.80. The Balaban J connectivity index is 1.86. The maximum Gasteiger partial charge on any atom is 0.159 e. The first-order valence-electron chi connectivity index (χ1n) is 6.65. The van der Waals surface area contributed by atoms with Gasteiger partial charge in [0.05, 0.1) is 12.2 Å². The third-order valence-electron chi connectivity index (χ3n) is 3.51. The van der Waals surface area contributed by atoms with Crippen molar-refractivity contribution in [1.82, 2.24) is 0 Å². The van der Waals surface area contributed by atoms with Gasteiger partial charge in [-0.15, -0.1) is 0 Å². The summed E-state index contributed by atoms with van der Waals surface area (Å²) >= 11 is 0. The molecule has 0 radical (unpaired) electrons. The molecule has 1 N–H and O–H groups in total. The average Bonchev–Trinajstić information content (AvgIpc) is 2.49. The summed E-state index contributed by atoms with van der Waals surface area (Å²) in [6, 6.07) is 9.84. The summed E-state index contributed by atoms with van der Waals surface area (Å²) in [6.45, 7) is 2.63. The maximum atomic E-state index is 13.3. The van der Waals surface area contributed by atoms with Crippen LogP contribution in [0.15, 0.2) is 36.4 Å². The van der Waals surface area contributed by atoms with Crippen molar-refractivity contribution in [3.05, 3.63) is 59.2 Å². The van der Waals surface area contributed by atoms with Crippen molar-refractivity contribution in [3.8, 4) is 5.75 Å². The zero-order valence-corrected chi connectivity index (χ0v) is 11.1. The summed E-state index contributed by atoms with van der Waals surface area (Å²) in [6.07, 6.45) is 0.645. The van der Waals surface area contributed by atoms with Crippen molar-refractivity contribution in [1.29, 1.82) is 0 Å². The number of hydrogen-bond donors (Lipinski definition) is 1. The molecule has 104 valence electrons. The molecule has 0 amide bonds. The van der Waals surface area contributed by atoms with E-state index in [1.54, 1.807) is 6.07 Å². The van der Waals surface area contributed by atoms with Gasteiger partial charge in [0.1, 0.15) is 11.9 Å². The van der Waals surface area contributed by atoms with Crippen molar-refractivity contribution < 1.29 is 13.5 Å². The molecular weight excluding hydrogens is 260 g/mol. The van der Waals surface area contributed by atoms with Crippen LogP contribution in [0.4, 0.5) is 14.5 Å². The lowest BCUT2D eigenvalue weighted by Crippen LogP contribution is -2.23. The molecular formula is C16H15F2NO. The van der Waals surface area contributed by atoms with Gasteiger partial charge in [0.2, 0.25) is 0 Å². The van der Waals surface area contributed by atoms with E-state index in [1.165, 1.54) is 11.6 Å². The van der Waals surface area contributed by atoms with E-state index in [-0.39, 0.29) is 6.10 Å². The van der Waals surface area contributed by atoms with Crippen molar-refractivity contribution in [3.63, 3.8) is 0 Å². The van der Waals surface area contributed by atoms with E-state index in [2.05, 4.69) is 18.3 Å². The first kappa shape index (κ1) is 12.9. The van der Waals surface area contributed by atoms with E-state index in [1.807, 2.05) is 12.1 Å². The highest BCUT2D eigenvalue weighted by molar-refractivity contribution is 5.60. The number of halogens is 2. The molecule has 1 atom stereocenters. The number of anilines is 1. The Kier molecular flexibility index (Phi) is 3.30. The number of nitrogens with one attached hydrogen (secondary N) is 1. The highest BCUT2D eigenvalue weighted by Gasteiger charge is 2.22. The summed E-state index contributed by atoms with van der Waals surface area (Å²) in [5.74, 6) is -0.952. The van der Waals surface area contributed by atoms with Crippen molar-refractivity contribution >= 4 is 5.69 Å². The Bertz CT molecular complexity index is 642. The first-order valence-corrected chi connectivity index (χ1v) is 6.65. The molecule has 0 spiro atoms. The number of fused-ring (bicyclic) bond motifs is 1. The number of aryl methyl sites for hydroxylation is 1. The lowest BCUT2D eigenvalue weighted by atomic mass is 10.1. The predicted octanol–water partition coefficient (Wildman–Crippen LogP) is 4.07. The minimum atomic E-state index is -0.849. The third kappa shape index (κ3) is 2.33. The molecule has 0 aromatic heterocycles.